The number of likely N-dealkylation sites (N-methyl/N-ethyl adjacent to an activating group) is 1. The third kappa shape index (κ3) is 3.15. The highest BCUT2D eigenvalue weighted by molar-refractivity contribution is 5.84. The summed E-state index contributed by atoms with van der Waals surface area (Å²) in [4.78, 5) is 15.5. The molecule has 0 spiro atoms. The molecule has 1 aliphatic rings. The molecule has 0 bridgehead atoms. The number of nitrogens with zero attached hydrogens (tertiary/aromatic N) is 2. The summed E-state index contributed by atoms with van der Waals surface area (Å²) in [6.45, 7) is 4.20. The molecule has 15 heavy (non-hydrogen) atoms. The maximum atomic E-state index is 11.1. The van der Waals surface area contributed by atoms with Gasteiger partial charge in [0.1, 0.15) is 5.54 Å². The van der Waals surface area contributed by atoms with Crippen molar-refractivity contribution in [1.29, 1.82) is 0 Å². The van der Waals surface area contributed by atoms with E-state index in [-0.39, 0.29) is 0 Å². The van der Waals surface area contributed by atoms with Crippen LogP contribution in [0.5, 0.6) is 0 Å². The van der Waals surface area contributed by atoms with Gasteiger partial charge in [-0.05, 0) is 34.0 Å². The lowest BCUT2D eigenvalue weighted by Gasteiger charge is -2.27. The molecule has 88 valence electrons. The topological polar surface area (TPSA) is 75.6 Å². The summed E-state index contributed by atoms with van der Waals surface area (Å²) in [5.41, 5.74) is 10.2. The number of carbonyl (C=O) groups excluding carboxylic acids is 1. The van der Waals surface area contributed by atoms with Crippen molar-refractivity contribution in [3.05, 3.63) is 0 Å². The summed E-state index contributed by atoms with van der Waals surface area (Å²) in [7, 11) is 4.15. The second-order valence-electron chi connectivity index (χ2n) is 4.92. The number of hydrogen-bond donors (Lipinski definition) is 2. The molecule has 0 saturated carbocycles. The van der Waals surface area contributed by atoms with E-state index < -0.39 is 11.4 Å². The molecule has 4 N–H and O–H groups in total. The lowest BCUT2D eigenvalue weighted by Crippen LogP contribution is -2.56. The Balaban J connectivity index is 2.46. The highest BCUT2D eigenvalue weighted by atomic mass is 16.1. The molecule has 0 aromatic carbocycles. The fraction of sp³-hybridized carbons (Fsp3) is 0.900. The zero-order valence-electron chi connectivity index (χ0n) is 9.86. The van der Waals surface area contributed by atoms with Crippen LogP contribution in [0.1, 0.15) is 13.3 Å². The molecular weight excluding hydrogens is 192 g/mol. The second-order valence-corrected chi connectivity index (χ2v) is 4.92. The van der Waals surface area contributed by atoms with Gasteiger partial charge in [0.15, 0.2) is 0 Å². The number of likely N-dealkylation sites (tertiary alicyclic amines) is 1. The van der Waals surface area contributed by atoms with Crippen LogP contribution in [-0.4, -0.2) is 61.0 Å². The number of primary amides is 1. The number of rotatable bonds is 4. The van der Waals surface area contributed by atoms with Crippen LogP contribution in [-0.2, 0) is 4.79 Å². The summed E-state index contributed by atoms with van der Waals surface area (Å²) < 4.78 is 0. The van der Waals surface area contributed by atoms with Crippen LogP contribution in [0.4, 0.5) is 0 Å². The summed E-state index contributed by atoms with van der Waals surface area (Å²) in [6.07, 6.45) is 1.13. The van der Waals surface area contributed by atoms with Crippen LogP contribution in [0.25, 0.3) is 0 Å². The molecule has 5 nitrogen and oxygen atoms in total. The van der Waals surface area contributed by atoms with Crippen LogP contribution in [0.3, 0.4) is 0 Å². The zero-order chi connectivity index (χ0) is 11.6. The fourth-order valence-corrected chi connectivity index (χ4v) is 1.92. The number of carbonyl (C=O) groups is 1. The van der Waals surface area contributed by atoms with Crippen molar-refractivity contribution in [3.8, 4) is 0 Å². The van der Waals surface area contributed by atoms with Crippen LogP contribution < -0.4 is 11.5 Å². The lowest BCUT2D eigenvalue weighted by atomic mass is 10.0. The molecule has 1 rings (SSSR count). The van der Waals surface area contributed by atoms with Crippen molar-refractivity contribution in [2.24, 2.45) is 11.5 Å². The standard InChI is InChI=1S/C10H22N4O/c1-10(12,9(11)15)7-14-5-4-8(6-14)13(2)3/h8H,4-7,12H2,1-3H3,(H2,11,15). The molecule has 2 atom stereocenters. The van der Waals surface area contributed by atoms with Gasteiger partial charge in [0.2, 0.25) is 5.91 Å². The van der Waals surface area contributed by atoms with Gasteiger partial charge in [-0.3, -0.25) is 9.69 Å². The second kappa shape index (κ2) is 4.47. The summed E-state index contributed by atoms with van der Waals surface area (Å²) in [6, 6.07) is 0.564. The predicted molar refractivity (Wildman–Crippen MR) is 60.3 cm³/mol. The Morgan fingerprint density at radius 1 is 1.60 bits per heavy atom. The number of hydrogen-bond acceptors (Lipinski definition) is 4. The highest BCUT2D eigenvalue weighted by Crippen LogP contribution is 2.15. The van der Waals surface area contributed by atoms with Crippen LogP contribution in [0, 0.1) is 0 Å². The molecule has 0 aliphatic carbocycles. The largest absolute Gasteiger partial charge is 0.368 e. The first-order valence-electron chi connectivity index (χ1n) is 5.30. The number of amides is 1. The van der Waals surface area contributed by atoms with Crippen molar-refractivity contribution < 1.29 is 4.79 Å². The Hall–Kier alpha value is -0.650. The van der Waals surface area contributed by atoms with E-state index in [1.54, 1.807) is 6.92 Å². The summed E-state index contributed by atoms with van der Waals surface area (Å²) >= 11 is 0. The van der Waals surface area contributed by atoms with Crippen molar-refractivity contribution >= 4 is 5.91 Å². The zero-order valence-corrected chi connectivity index (χ0v) is 9.86. The summed E-state index contributed by atoms with van der Waals surface area (Å²) in [5, 5.41) is 0. The Kier molecular flexibility index (Phi) is 3.70. The van der Waals surface area contributed by atoms with E-state index in [4.69, 9.17) is 11.5 Å². The van der Waals surface area contributed by atoms with Crippen molar-refractivity contribution in [1.82, 2.24) is 9.80 Å². The van der Waals surface area contributed by atoms with Crippen LogP contribution >= 0.6 is 0 Å². The van der Waals surface area contributed by atoms with Gasteiger partial charge in [-0.1, -0.05) is 0 Å². The van der Waals surface area contributed by atoms with Gasteiger partial charge < -0.3 is 16.4 Å². The minimum atomic E-state index is -0.915. The molecule has 1 saturated heterocycles. The van der Waals surface area contributed by atoms with Crippen LogP contribution in [0.2, 0.25) is 0 Å². The smallest absolute Gasteiger partial charge is 0.238 e. The Morgan fingerprint density at radius 3 is 2.60 bits per heavy atom. The maximum absolute atomic E-state index is 11.1. The minimum absolute atomic E-state index is 0.434. The first-order chi connectivity index (χ1) is 6.83. The number of nitrogens with two attached hydrogens (primary N) is 2. The molecule has 0 aromatic heterocycles. The van der Waals surface area contributed by atoms with Crippen molar-refractivity contribution in [2.75, 3.05) is 33.7 Å². The van der Waals surface area contributed by atoms with E-state index in [0.29, 0.717) is 12.6 Å². The van der Waals surface area contributed by atoms with Gasteiger partial charge in [0.05, 0.1) is 0 Å². The molecule has 0 radical (unpaired) electrons. The molecule has 1 heterocycles. The highest BCUT2D eigenvalue weighted by Gasteiger charge is 2.32. The summed E-state index contributed by atoms with van der Waals surface area (Å²) in [5.74, 6) is -0.434. The first-order valence-corrected chi connectivity index (χ1v) is 5.30. The van der Waals surface area contributed by atoms with Crippen molar-refractivity contribution in [3.63, 3.8) is 0 Å². The van der Waals surface area contributed by atoms with Crippen molar-refractivity contribution in [2.45, 2.75) is 24.9 Å². The normalized spacial score (nSPS) is 26.9. The molecule has 2 unspecified atom stereocenters. The average Bonchev–Trinajstić information content (AvgIpc) is 2.51. The van der Waals surface area contributed by atoms with E-state index in [9.17, 15) is 4.79 Å². The molecule has 5 heteroatoms. The molecular formula is C10H22N4O. The van der Waals surface area contributed by atoms with Gasteiger partial charge in [-0.15, -0.1) is 0 Å². The molecule has 1 aliphatic heterocycles. The van der Waals surface area contributed by atoms with E-state index in [1.807, 2.05) is 0 Å². The van der Waals surface area contributed by atoms with E-state index in [2.05, 4.69) is 23.9 Å². The lowest BCUT2D eigenvalue weighted by molar-refractivity contribution is -0.123. The molecule has 1 amide bonds. The third-order valence-corrected chi connectivity index (χ3v) is 3.09. The van der Waals surface area contributed by atoms with E-state index in [0.717, 1.165) is 19.5 Å². The average molecular weight is 214 g/mol. The fourth-order valence-electron chi connectivity index (χ4n) is 1.92. The quantitative estimate of drug-likeness (QED) is 0.618. The van der Waals surface area contributed by atoms with Gasteiger partial charge in [0, 0.05) is 19.1 Å². The monoisotopic (exact) mass is 214 g/mol. The predicted octanol–water partition coefficient (Wildman–Crippen LogP) is -1.17. The van der Waals surface area contributed by atoms with Gasteiger partial charge in [0.25, 0.3) is 0 Å². The Labute approximate surface area is 91.4 Å². The maximum Gasteiger partial charge on any atom is 0.238 e. The van der Waals surface area contributed by atoms with E-state index in [1.165, 1.54) is 0 Å². The Morgan fingerprint density at radius 2 is 2.20 bits per heavy atom. The van der Waals surface area contributed by atoms with Gasteiger partial charge in [-0.25, -0.2) is 0 Å². The SMILES string of the molecule is CN(C)C1CCN(CC(C)(N)C(N)=O)C1. The van der Waals surface area contributed by atoms with Gasteiger partial charge in [-0.2, -0.15) is 0 Å². The molecule has 0 aromatic rings. The third-order valence-electron chi connectivity index (χ3n) is 3.09. The van der Waals surface area contributed by atoms with Crippen LogP contribution in [0.15, 0.2) is 0 Å². The Bertz CT molecular complexity index is 240. The van der Waals surface area contributed by atoms with Gasteiger partial charge >= 0.3 is 0 Å². The molecule has 1 fully saturated rings. The first kappa shape index (κ1) is 12.4. The minimum Gasteiger partial charge on any atom is -0.368 e. The van der Waals surface area contributed by atoms with E-state index >= 15 is 0 Å².